The lowest BCUT2D eigenvalue weighted by molar-refractivity contribution is 0.275. The summed E-state index contributed by atoms with van der Waals surface area (Å²) < 4.78 is 6.37. The minimum absolute atomic E-state index is 0.185. The molecule has 18 heavy (non-hydrogen) atoms. The van der Waals surface area contributed by atoms with Crippen molar-refractivity contribution < 1.29 is 9.84 Å². The summed E-state index contributed by atoms with van der Waals surface area (Å²) in [7, 11) is 1.68. The van der Waals surface area contributed by atoms with Crippen LogP contribution in [0.1, 0.15) is 12.5 Å². The number of rotatable bonds is 7. The number of methoxy groups -OCH3 is 1. The van der Waals surface area contributed by atoms with Crippen molar-refractivity contribution in [3.63, 3.8) is 0 Å². The van der Waals surface area contributed by atoms with Gasteiger partial charge < -0.3 is 15.2 Å². The molecule has 0 aliphatic heterocycles. The van der Waals surface area contributed by atoms with Crippen molar-refractivity contribution in [3.05, 3.63) is 28.2 Å². The number of nitrogens with one attached hydrogen (secondary N) is 1. The van der Waals surface area contributed by atoms with Crippen molar-refractivity contribution in [2.24, 2.45) is 0 Å². The van der Waals surface area contributed by atoms with E-state index in [4.69, 9.17) is 4.74 Å². The second kappa shape index (κ2) is 8.04. The molecule has 0 heterocycles. The maximum atomic E-state index is 9.25. The van der Waals surface area contributed by atoms with Crippen LogP contribution in [0, 0.1) is 0 Å². The van der Waals surface area contributed by atoms with Gasteiger partial charge in [0.15, 0.2) is 0 Å². The zero-order valence-corrected chi connectivity index (χ0v) is 13.3. The molecule has 0 saturated heterocycles. The van der Waals surface area contributed by atoms with Gasteiger partial charge >= 0.3 is 0 Å². The lowest BCUT2D eigenvalue weighted by Gasteiger charge is -2.22. The number of aliphatic hydroxyl groups excluding tert-OH is 1. The second-order valence-corrected chi connectivity index (χ2v) is 6.08. The zero-order chi connectivity index (χ0) is 13.5. The maximum absolute atomic E-state index is 9.25. The van der Waals surface area contributed by atoms with Gasteiger partial charge in [-0.25, -0.2) is 0 Å². The molecular formula is C13H20BrNO2S. The third kappa shape index (κ3) is 4.46. The van der Waals surface area contributed by atoms with Crippen LogP contribution in [0.4, 0.5) is 0 Å². The molecule has 0 aliphatic rings. The number of halogens is 1. The monoisotopic (exact) mass is 333 g/mol. The van der Waals surface area contributed by atoms with E-state index in [0.717, 1.165) is 22.3 Å². The van der Waals surface area contributed by atoms with E-state index >= 15 is 0 Å². The van der Waals surface area contributed by atoms with Crippen LogP contribution >= 0.6 is 27.7 Å². The zero-order valence-electron chi connectivity index (χ0n) is 10.9. The Hall–Kier alpha value is -0.230. The van der Waals surface area contributed by atoms with Crippen LogP contribution in [0.2, 0.25) is 0 Å². The second-order valence-electron chi connectivity index (χ2n) is 4.08. The largest absolute Gasteiger partial charge is 0.496 e. The average molecular weight is 334 g/mol. The Bertz CT molecular complexity index is 372. The Morgan fingerprint density at radius 2 is 2.22 bits per heavy atom. The first kappa shape index (κ1) is 15.8. The van der Waals surface area contributed by atoms with E-state index in [1.165, 1.54) is 0 Å². The van der Waals surface area contributed by atoms with Crippen LogP contribution in [0.15, 0.2) is 22.7 Å². The molecule has 0 spiro atoms. The minimum Gasteiger partial charge on any atom is -0.496 e. The molecule has 1 aromatic rings. The maximum Gasteiger partial charge on any atom is 0.123 e. The fraction of sp³-hybridized carbons (Fsp3) is 0.538. The van der Waals surface area contributed by atoms with Crippen LogP contribution in [0.25, 0.3) is 0 Å². The lowest BCUT2D eigenvalue weighted by atomic mass is 10.1. The molecular weight excluding hydrogens is 314 g/mol. The van der Waals surface area contributed by atoms with Gasteiger partial charge in [0.1, 0.15) is 5.75 Å². The fourth-order valence-corrected chi connectivity index (χ4v) is 2.79. The van der Waals surface area contributed by atoms with E-state index in [1.807, 2.05) is 24.5 Å². The highest BCUT2D eigenvalue weighted by molar-refractivity contribution is 9.10. The predicted octanol–water partition coefficient (Wildman–Crippen LogP) is 2.66. The van der Waals surface area contributed by atoms with E-state index < -0.39 is 0 Å². The van der Waals surface area contributed by atoms with E-state index in [1.54, 1.807) is 18.9 Å². The summed E-state index contributed by atoms with van der Waals surface area (Å²) in [6, 6.07) is 6.20. The predicted molar refractivity (Wildman–Crippen MR) is 81.4 cm³/mol. The van der Waals surface area contributed by atoms with Crippen LogP contribution in [-0.4, -0.2) is 36.4 Å². The third-order valence-electron chi connectivity index (χ3n) is 2.90. The number of aliphatic hydroxyl groups is 1. The van der Waals surface area contributed by atoms with Crippen LogP contribution in [0.3, 0.4) is 0 Å². The van der Waals surface area contributed by atoms with Crippen LogP contribution in [0.5, 0.6) is 5.75 Å². The Kier molecular flexibility index (Phi) is 7.07. The highest BCUT2D eigenvalue weighted by atomic mass is 79.9. The van der Waals surface area contributed by atoms with Crippen molar-refractivity contribution in [2.75, 3.05) is 20.0 Å². The van der Waals surface area contributed by atoms with Gasteiger partial charge in [0, 0.05) is 27.9 Å². The van der Waals surface area contributed by atoms with Crippen LogP contribution in [-0.2, 0) is 6.54 Å². The molecule has 0 saturated carbocycles. The molecule has 0 radical (unpaired) electrons. The Morgan fingerprint density at radius 3 is 2.78 bits per heavy atom. The minimum atomic E-state index is 0.185. The average Bonchev–Trinajstić information content (AvgIpc) is 2.38. The lowest BCUT2D eigenvalue weighted by Crippen LogP contribution is -2.37. The van der Waals surface area contributed by atoms with Gasteiger partial charge in [0.05, 0.1) is 13.7 Å². The van der Waals surface area contributed by atoms with Crippen molar-refractivity contribution in [1.82, 2.24) is 5.32 Å². The SMILES string of the molecule is COc1ccc(Br)cc1CNC(C)C(CO)SC. The topological polar surface area (TPSA) is 41.5 Å². The first-order valence-electron chi connectivity index (χ1n) is 5.81. The molecule has 2 N–H and O–H groups in total. The molecule has 2 unspecified atom stereocenters. The Labute approximate surface area is 121 Å². The first-order valence-corrected chi connectivity index (χ1v) is 7.90. The van der Waals surface area contributed by atoms with Crippen LogP contribution < -0.4 is 10.1 Å². The van der Waals surface area contributed by atoms with Gasteiger partial charge in [-0.1, -0.05) is 15.9 Å². The van der Waals surface area contributed by atoms with Gasteiger partial charge in [0.2, 0.25) is 0 Å². The number of hydrogen-bond acceptors (Lipinski definition) is 4. The van der Waals surface area contributed by atoms with Gasteiger partial charge in [-0.05, 0) is 31.4 Å². The third-order valence-corrected chi connectivity index (χ3v) is 4.55. The molecule has 3 nitrogen and oxygen atoms in total. The summed E-state index contributed by atoms with van der Waals surface area (Å²) in [6.07, 6.45) is 2.01. The van der Waals surface area contributed by atoms with Crippen molar-refractivity contribution in [3.8, 4) is 5.75 Å². The highest BCUT2D eigenvalue weighted by Crippen LogP contribution is 2.23. The number of ether oxygens (including phenoxy) is 1. The molecule has 0 bridgehead atoms. The van der Waals surface area contributed by atoms with E-state index in [0.29, 0.717) is 0 Å². The summed E-state index contributed by atoms with van der Waals surface area (Å²) in [5.41, 5.74) is 1.11. The summed E-state index contributed by atoms with van der Waals surface area (Å²) in [5.74, 6) is 0.877. The molecule has 5 heteroatoms. The Morgan fingerprint density at radius 1 is 1.50 bits per heavy atom. The van der Waals surface area contributed by atoms with E-state index in [2.05, 4.69) is 28.2 Å². The number of hydrogen-bond donors (Lipinski definition) is 2. The molecule has 0 aliphatic carbocycles. The molecule has 0 aromatic heterocycles. The fourth-order valence-electron chi connectivity index (χ4n) is 1.72. The molecule has 1 rings (SSSR count). The van der Waals surface area contributed by atoms with E-state index in [-0.39, 0.29) is 17.9 Å². The summed E-state index contributed by atoms with van der Waals surface area (Å²) >= 11 is 5.13. The van der Waals surface area contributed by atoms with Gasteiger partial charge in [-0.15, -0.1) is 0 Å². The van der Waals surface area contributed by atoms with E-state index in [9.17, 15) is 5.11 Å². The molecule has 1 aromatic carbocycles. The Balaban J connectivity index is 2.65. The van der Waals surface area contributed by atoms with Crippen molar-refractivity contribution in [2.45, 2.75) is 24.8 Å². The molecule has 102 valence electrons. The number of benzene rings is 1. The highest BCUT2D eigenvalue weighted by Gasteiger charge is 2.15. The number of thioether (sulfide) groups is 1. The molecule has 0 fully saturated rings. The van der Waals surface area contributed by atoms with Crippen molar-refractivity contribution >= 4 is 27.7 Å². The molecule has 0 amide bonds. The quantitative estimate of drug-likeness (QED) is 0.804. The normalized spacial score (nSPS) is 14.3. The van der Waals surface area contributed by atoms with Gasteiger partial charge in [-0.2, -0.15) is 11.8 Å². The standard InChI is InChI=1S/C13H20BrNO2S/c1-9(13(8-16)18-3)15-7-10-6-11(14)4-5-12(10)17-2/h4-6,9,13,15-16H,7-8H2,1-3H3. The first-order chi connectivity index (χ1) is 8.62. The summed E-state index contributed by atoms with van der Waals surface area (Å²) in [6.45, 7) is 2.99. The van der Waals surface area contributed by atoms with Gasteiger partial charge in [-0.3, -0.25) is 0 Å². The van der Waals surface area contributed by atoms with Gasteiger partial charge in [0.25, 0.3) is 0 Å². The van der Waals surface area contributed by atoms with Crippen molar-refractivity contribution in [1.29, 1.82) is 0 Å². The summed E-state index contributed by atoms with van der Waals surface area (Å²) in [4.78, 5) is 0. The summed E-state index contributed by atoms with van der Waals surface area (Å²) in [5, 5.41) is 12.9. The smallest absolute Gasteiger partial charge is 0.123 e. The molecule has 2 atom stereocenters.